The van der Waals surface area contributed by atoms with E-state index in [-0.39, 0.29) is 5.92 Å². The molecule has 1 aromatic rings. The van der Waals surface area contributed by atoms with Gasteiger partial charge in [0.2, 0.25) is 5.91 Å². The zero-order valence-electron chi connectivity index (χ0n) is 14.3. The fourth-order valence-corrected chi connectivity index (χ4v) is 5.65. The molecule has 4 rings (SSSR count). The summed E-state index contributed by atoms with van der Waals surface area (Å²) >= 11 is 1.69. The molecule has 6 heteroatoms. The van der Waals surface area contributed by atoms with Crippen LogP contribution in [-0.4, -0.2) is 48.0 Å². The zero-order chi connectivity index (χ0) is 16.5. The highest BCUT2D eigenvalue weighted by Gasteiger charge is 2.41. The largest absolute Gasteiger partial charge is 0.346 e. The van der Waals surface area contributed by atoms with Gasteiger partial charge in [0.1, 0.15) is 0 Å². The summed E-state index contributed by atoms with van der Waals surface area (Å²) in [6.45, 7) is 3.62. The van der Waals surface area contributed by atoms with Crippen LogP contribution in [0.15, 0.2) is 11.6 Å². The second-order valence-corrected chi connectivity index (χ2v) is 8.55. The minimum Gasteiger partial charge on any atom is -0.346 e. The van der Waals surface area contributed by atoms with Crippen LogP contribution in [0.1, 0.15) is 38.5 Å². The zero-order valence-corrected chi connectivity index (χ0v) is 15.1. The number of carbonyl (C=O) groups excluding carboxylic acids is 1. The number of aromatic nitrogens is 1. The molecule has 0 spiro atoms. The smallest absolute Gasteiger partial charge is 0.225 e. The fraction of sp³-hybridized carbons (Fsp3) is 0.778. The molecule has 2 heterocycles. The van der Waals surface area contributed by atoms with Gasteiger partial charge < -0.3 is 15.5 Å². The molecule has 2 N–H and O–H groups in total. The Bertz CT molecular complexity index is 549. The van der Waals surface area contributed by atoms with E-state index in [2.05, 4.69) is 14.8 Å². The Morgan fingerprint density at radius 3 is 2.62 bits per heavy atom. The van der Waals surface area contributed by atoms with Gasteiger partial charge in [-0.2, -0.15) is 0 Å². The Balaban J connectivity index is 1.38. The summed E-state index contributed by atoms with van der Waals surface area (Å²) < 4.78 is 0. The number of nitrogens with zero attached hydrogens (tertiary/aromatic N) is 3. The van der Waals surface area contributed by atoms with Crippen LogP contribution in [0.25, 0.3) is 0 Å². The second-order valence-electron chi connectivity index (χ2n) is 7.68. The lowest BCUT2D eigenvalue weighted by molar-refractivity contribution is -0.138. The fourth-order valence-electron chi connectivity index (χ4n) is 4.95. The molecule has 5 nitrogen and oxygen atoms in total. The number of rotatable bonds is 2. The van der Waals surface area contributed by atoms with E-state index < -0.39 is 0 Å². The van der Waals surface area contributed by atoms with Gasteiger partial charge in [0.15, 0.2) is 5.13 Å². The molecule has 132 valence electrons. The maximum absolute atomic E-state index is 13.1. The van der Waals surface area contributed by atoms with Crippen molar-refractivity contribution in [1.82, 2.24) is 9.88 Å². The van der Waals surface area contributed by atoms with Gasteiger partial charge in [-0.1, -0.05) is 6.42 Å². The molecule has 0 aromatic carbocycles. The van der Waals surface area contributed by atoms with E-state index in [1.54, 1.807) is 11.3 Å². The molecule has 24 heavy (non-hydrogen) atoms. The molecular formula is C18H28N4OS. The summed E-state index contributed by atoms with van der Waals surface area (Å²) in [7, 11) is 0. The third-order valence-electron chi connectivity index (χ3n) is 6.26. The van der Waals surface area contributed by atoms with E-state index >= 15 is 0 Å². The summed E-state index contributed by atoms with van der Waals surface area (Å²) in [5, 5.41) is 3.11. The Labute approximate surface area is 148 Å². The van der Waals surface area contributed by atoms with E-state index in [0.717, 1.165) is 50.6 Å². The molecule has 0 radical (unpaired) electrons. The molecule has 2 atom stereocenters. The average molecular weight is 349 g/mol. The molecule has 1 aliphatic heterocycles. The lowest BCUT2D eigenvalue weighted by Crippen LogP contribution is -2.50. The van der Waals surface area contributed by atoms with Crippen molar-refractivity contribution in [2.45, 2.75) is 44.6 Å². The van der Waals surface area contributed by atoms with Crippen molar-refractivity contribution in [3.8, 4) is 0 Å². The third kappa shape index (κ3) is 3.18. The quantitative estimate of drug-likeness (QED) is 0.891. The van der Waals surface area contributed by atoms with Crippen LogP contribution in [0, 0.1) is 17.8 Å². The number of fused-ring (bicyclic) bond motifs is 2. The minimum absolute atomic E-state index is 0.214. The normalized spacial score (nSPS) is 34.0. The SMILES string of the molecule is NC1C2CCCC1CC(C(=O)N1CCCN(c3nccs3)CC1)C2. The van der Waals surface area contributed by atoms with E-state index in [0.29, 0.717) is 23.8 Å². The first-order valence-electron chi connectivity index (χ1n) is 9.41. The first-order valence-corrected chi connectivity index (χ1v) is 10.3. The maximum Gasteiger partial charge on any atom is 0.225 e. The Kier molecular flexibility index (Phi) is 4.77. The number of hydrogen-bond donors (Lipinski definition) is 1. The number of nitrogens with two attached hydrogens (primary N) is 1. The van der Waals surface area contributed by atoms with Crippen LogP contribution in [0.2, 0.25) is 0 Å². The van der Waals surface area contributed by atoms with Gasteiger partial charge in [-0.05, 0) is 43.9 Å². The molecule has 2 aliphatic carbocycles. The molecule has 1 aromatic heterocycles. The summed E-state index contributed by atoms with van der Waals surface area (Å²) in [5.74, 6) is 1.75. The van der Waals surface area contributed by atoms with Gasteiger partial charge >= 0.3 is 0 Å². The first kappa shape index (κ1) is 16.3. The van der Waals surface area contributed by atoms with Crippen LogP contribution >= 0.6 is 11.3 Å². The van der Waals surface area contributed by atoms with Crippen molar-refractivity contribution >= 4 is 22.4 Å². The molecule has 2 bridgehead atoms. The summed E-state index contributed by atoms with van der Waals surface area (Å²) in [5.41, 5.74) is 6.39. The van der Waals surface area contributed by atoms with Gasteiger partial charge in [0, 0.05) is 49.7 Å². The summed E-state index contributed by atoms with van der Waals surface area (Å²) in [4.78, 5) is 21.9. The number of carbonyl (C=O) groups is 1. The highest BCUT2D eigenvalue weighted by molar-refractivity contribution is 7.13. The second kappa shape index (κ2) is 7.00. The van der Waals surface area contributed by atoms with E-state index in [1.165, 1.54) is 19.3 Å². The monoisotopic (exact) mass is 348 g/mol. The van der Waals surface area contributed by atoms with Crippen LogP contribution in [0.4, 0.5) is 5.13 Å². The molecule has 3 fully saturated rings. The van der Waals surface area contributed by atoms with Crippen molar-refractivity contribution in [3.63, 3.8) is 0 Å². The topological polar surface area (TPSA) is 62.5 Å². The predicted octanol–water partition coefficient (Wildman–Crippen LogP) is 2.34. The van der Waals surface area contributed by atoms with E-state index in [1.807, 2.05) is 11.6 Å². The lowest BCUT2D eigenvalue weighted by atomic mass is 9.65. The molecule has 2 saturated carbocycles. The van der Waals surface area contributed by atoms with Crippen molar-refractivity contribution in [3.05, 3.63) is 11.6 Å². The lowest BCUT2D eigenvalue weighted by Gasteiger charge is -2.44. The van der Waals surface area contributed by atoms with Crippen LogP contribution in [0.3, 0.4) is 0 Å². The third-order valence-corrected chi connectivity index (χ3v) is 7.09. The van der Waals surface area contributed by atoms with Crippen LogP contribution < -0.4 is 10.6 Å². The van der Waals surface area contributed by atoms with Crippen LogP contribution in [-0.2, 0) is 4.79 Å². The van der Waals surface area contributed by atoms with Crippen molar-refractivity contribution in [2.24, 2.45) is 23.5 Å². The summed E-state index contributed by atoms with van der Waals surface area (Å²) in [6, 6.07) is 0.340. The van der Waals surface area contributed by atoms with E-state index in [4.69, 9.17) is 5.73 Å². The molecular weight excluding hydrogens is 320 g/mol. The Hall–Kier alpha value is -1.14. The first-order chi connectivity index (χ1) is 11.7. The maximum atomic E-state index is 13.1. The molecule has 3 aliphatic rings. The molecule has 2 unspecified atom stereocenters. The van der Waals surface area contributed by atoms with Gasteiger partial charge in [-0.25, -0.2) is 4.98 Å². The molecule has 1 amide bonds. The highest BCUT2D eigenvalue weighted by Crippen LogP contribution is 2.42. The highest BCUT2D eigenvalue weighted by atomic mass is 32.1. The standard InChI is InChI=1S/C18H28N4OS/c19-16-13-3-1-4-14(16)12-15(11-13)17(23)21-6-2-7-22(9-8-21)18-20-5-10-24-18/h5,10,13-16H,1-4,6-9,11-12,19H2. The Morgan fingerprint density at radius 2 is 1.92 bits per heavy atom. The van der Waals surface area contributed by atoms with E-state index in [9.17, 15) is 4.79 Å². The van der Waals surface area contributed by atoms with Crippen LogP contribution in [0.5, 0.6) is 0 Å². The summed E-state index contributed by atoms with van der Waals surface area (Å²) in [6.07, 6.45) is 8.67. The number of anilines is 1. The minimum atomic E-state index is 0.214. The van der Waals surface area contributed by atoms with Gasteiger partial charge in [-0.15, -0.1) is 11.3 Å². The van der Waals surface area contributed by atoms with Crippen molar-refractivity contribution < 1.29 is 4.79 Å². The Morgan fingerprint density at radius 1 is 1.12 bits per heavy atom. The van der Waals surface area contributed by atoms with Gasteiger partial charge in [0.25, 0.3) is 0 Å². The number of hydrogen-bond acceptors (Lipinski definition) is 5. The predicted molar refractivity (Wildman–Crippen MR) is 97.1 cm³/mol. The number of thiazole rings is 1. The number of amides is 1. The van der Waals surface area contributed by atoms with Gasteiger partial charge in [0.05, 0.1) is 0 Å². The van der Waals surface area contributed by atoms with Gasteiger partial charge in [-0.3, -0.25) is 4.79 Å². The molecule has 1 saturated heterocycles. The van der Waals surface area contributed by atoms with Crippen molar-refractivity contribution in [1.29, 1.82) is 0 Å². The average Bonchev–Trinajstić information content (AvgIpc) is 2.99. The van der Waals surface area contributed by atoms with Crippen molar-refractivity contribution in [2.75, 3.05) is 31.1 Å².